The third-order valence-corrected chi connectivity index (χ3v) is 12.2. The summed E-state index contributed by atoms with van der Waals surface area (Å²) in [5.74, 6) is -0.250. The lowest BCUT2D eigenvalue weighted by Gasteiger charge is -2.42. The molecule has 0 bridgehead atoms. The number of sulfonamides is 1. The number of methoxy groups -OCH3 is 3. The van der Waals surface area contributed by atoms with E-state index in [1.807, 2.05) is 21.9 Å². The molecule has 3 aromatic rings. The molecule has 0 N–H and O–H groups in total. The van der Waals surface area contributed by atoms with Gasteiger partial charge in [-0.2, -0.15) is 0 Å². The SMILES string of the molecule is COc1ccc(S(=O)(=O)N2C(=O)C(c3ccc(CN4CCN(C(C)=O)CC4)cc3OC)(N3CCC[C@H]3C(=O)N(C)C)c3cc(Cl)ccc32)c(OC)c1. The van der Waals surface area contributed by atoms with Crippen LogP contribution in [0.5, 0.6) is 17.2 Å². The third-order valence-electron chi connectivity index (χ3n) is 10.2. The van der Waals surface area contributed by atoms with Crippen molar-refractivity contribution in [2.45, 2.75) is 42.8 Å². The molecule has 0 aromatic heterocycles. The Morgan fingerprint density at radius 2 is 1.60 bits per heavy atom. The normalized spacial score (nSPS) is 20.9. The summed E-state index contributed by atoms with van der Waals surface area (Å²) < 4.78 is 47.3. The molecule has 0 spiro atoms. The van der Waals surface area contributed by atoms with Gasteiger partial charge in [0.05, 0.1) is 33.1 Å². The van der Waals surface area contributed by atoms with Gasteiger partial charge in [0.2, 0.25) is 11.8 Å². The van der Waals surface area contributed by atoms with E-state index in [0.717, 1.165) is 9.87 Å². The molecule has 278 valence electrons. The number of carbonyl (C=O) groups excluding carboxylic acids is 3. The van der Waals surface area contributed by atoms with Crippen LogP contribution in [0.3, 0.4) is 0 Å². The van der Waals surface area contributed by atoms with Crippen LogP contribution in [0.25, 0.3) is 0 Å². The van der Waals surface area contributed by atoms with E-state index in [1.165, 1.54) is 56.6 Å². The fraction of sp³-hybridized carbons (Fsp3) is 0.432. The Labute approximate surface area is 309 Å². The molecule has 0 aliphatic carbocycles. The summed E-state index contributed by atoms with van der Waals surface area (Å²) in [7, 11) is 2.98. The first-order valence-electron chi connectivity index (χ1n) is 17.0. The lowest BCUT2D eigenvalue weighted by molar-refractivity contribution is -0.138. The Hall–Kier alpha value is -4.37. The van der Waals surface area contributed by atoms with Gasteiger partial charge in [-0.25, -0.2) is 12.7 Å². The third kappa shape index (κ3) is 6.25. The first-order valence-corrected chi connectivity index (χ1v) is 18.9. The van der Waals surface area contributed by atoms with Crippen molar-refractivity contribution in [3.8, 4) is 17.2 Å². The molecule has 3 aliphatic rings. The molecule has 52 heavy (non-hydrogen) atoms. The second-order valence-electron chi connectivity index (χ2n) is 13.4. The topological polar surface area (TPSA) is 129 Å². The van der Waals surface area contributed by atoms with Crippen LogP contribution < -0.4 is 18.5 Å². The molecule has 2 saturated heterocycles. The number of nitrogens with zero attached hydrogens (tertiary/aromatic N) is 5. The molecule has 13 nitrogen and oxygen atoms in total. The summed E-state index contributed by atoms with van der Waals surface area (Å²) in [4.78, 5) is 48.4. The number of hydrogen-bond donors (Lipinski definition) is 0. The average Bonchev–Trinajstić information content (AvgIpc) is 3.72. The number of rotatable bonds is 10. The summed E-state index contributed by atoms with van der Waals surface area (Å²) in [6.45, 7) is 5.09. The van der Waals surface area contributed by atoms with E-state index in [-0.39, 0.29) is 33.2 Å². The molecule has 2 atom stereocenters. The molecule has 0 radical (unpaired) electrons. The minimum Gasteiger partial charge on any atom is -0.497 e. The summed E-state index contributed by atoms with van der Waals surface area (Å²) in [6, 6.07) is 13.7. The van der Waals surface area contributed by atoms with Gasteiger partial charge in [-0.15, -0.1) is 0 Å². The van der Waals surface area contributed by atoms with Crippen LogP contribution in [-0.4, -0.2) is 120 Å². The van der Waals surface area contributed by atoms with Crippen LogP contribution in [0.2, 0.25) is 5.02 Å². The molecule has 6 rings (SSSR count). The average molecular weight is 754 g/mol. The molecule has 3 amide bonds. The highest BCUT2D eigenvalue weighted by molar-refractivity contribution is 7.93. The number of likely N-dealkylation sites (N-methyl/N-ethyl adjacent to an activating group) is 1. The largest absolute Gasteiger partial charge is 0.497 e. The van der Waals surface area contributed by atoms with Crippen LogP contribution in [0.15, 0.2) is 59.5 Å². The van der Waals surface area contributed by atoms with Crippen molar-refractivity contribution in [3.05, 3.63) is 76.3 Å². The highest BCUT2D eigenvalue weighted by atomic mass is 35.5. The van der Waals surface area contributed by atoms with E-state index < -0.39 is 27.5 Å². The maximum absolute atomic E-state index is 15.6. The Kier molecular flexibility index (Phi) is 10.5. The summed E-state index contributed by atoms with van der Waals surface area (Å²) >= 11 is 6.67. The number of halogens is 1. The summed E-state index contributed by atoms with van der Waals surface area (Å²) in [5, 5.41) is 0.284. The molecule has 15 heteroatoms. The monoisotopic (exact) mass is 753 g/mol. The van der Waals surface area contributed by atoms with Crippen molar-refractivity contribution in [2.75, 3.05) is 72.5 Å². The van der Waals surface area contributed by atoms with E-state index in [1.54, 1.807) is 33.2 Å². The van der Waals surface area contributed by atoms with E-state index in [2.05, 4.69) is 4.90 Å². The second-order valence-corrected chi connectivity index (χ2v) is 15.6. The smallest absolute Gasteiger partial charge is 0.274 e. The number of hydrogen-bond acceptors (Lipinski definition) is 10. The van der Waals surface area contributed by atoms with Gasteiger partial charge in [0.1, 0.15) is 22.1 Å². The van der Waals surface area contributed by atoms with Gasteiger partial charge < -0.3 is 24.0 Å². The van der Waals surface area contributed by atoms with Crippen LogP contribution >= 0.6 is 11.6 Å². The highest BCUT2D eigenvalue weighted by Gasteiger charge is 2.63. The lowest BCUT2D eigenvalue weighted by Crippen LogP contribution is -2.59. The molecule has 0 saturated carbocycles. The van der Waals surface area contributed by atoms with Crippen molar-refractivity contribution in [2.24, 2.45) is 0 Å². The van der Waals surface area contributed by atoms with Crippen LogP contribution in [0.1, 0.15) is 36.5 Å². The molecular formula is C37H44ClN5O8S. The molecule has 1 unspecified atom stereocenters. The van der Waals surface area contributed by atoms with Gasteiger partial charge >= 0.3 is 0 Å². The maximum atomic E-state index is 15.6. The van der Waals surface area contributed by atoms with Crippen LogP contribution in [-0.2, 0) is 36.5 Å². The number of anilines is 1. The molecule has 2 fully saturated rings. The highest BCUT2D eigenvalue weighted by Crippen LogP contribution is 2.55. The molecule has 3 aliphatic heterocycles. The van der Waals surface area contributed by atoms with Gasteiger partial charge in [-0.1, -0.05) is 23.7 Å². The Morgan fingerprint density at radius 1 is 0.885 bits per heavy atom. The zero-order valence-electron chi connectivity index (χ0n) is 30.2. The van der Waals surface area contributed by atoms with Gasteiger partial charge in [0.25, 0.3) is 15.9 Å². The van der Waals surface area contributed by atoms with E-state index in [4.69, 9.17) is 25.8 Å². The van der Waals surface area contributed by atoms with Crippen LogP contribution in [0.4, 0.5) is 5.69 Å². The minimum atomic E-state index is -4.64. The zero-order chi connectivity index (χ0) is 37.5. The number of benzene rings is 3. The maximum Gasteiger partial charge on any atom is 0.274 e. The van der Waals surface area contributed by atoms with Gasteiger partial charge in [-0.05, 0) is 54.8 Å². The van der Waals surface area contributed by atoms with Crippen molar-refractivity contribution in [1.29, 1.82) is 0 Å². The van der Waals surface area contributed by atoms with Gasteiger partial charge in [0, 0.05) is 82.5 Å². The second kappa shape index (κ2) is 14.6. The number of ether oxygens (including phenoxy) is 3. The number of amides is 3. The fourth-order valence-corrected chi connectivity index (χ4v) is 9.47. The van der Waals surface area contributed by atoms with Crippen molar-refractivity contribution >= 4 is 45.0 Å². The molecular weight excluding hydrogens is 710 g/mol. The first-order chi connectivity index (χ1) is 24.8. The van der Waals surface area contributed by atoms with Crippen molar-refractivity contribution in [1.82, 2.24) is 19.6 Å². The van der Waals surface area contributed by atoms with E-state index in [0.29, 0.717) is 74.7 Å². The van der Waals surface area contributed by atoms with E-state index in [9.17, 15) is 18.0 Å². The Balaban J connectivity index is 1.55. The van der Waals surface area contributed by atoms with Crippen molar-refractivity contribution in [3.63, 3.8) is 0 Å². The van der Waals surface area contributed by atoms with Crippen molar-refractivity contribution < 1.29 is 37.0 Å². The standard InChI is InChI=1S/C37H44ClN5O8S/c1-24(44)41-18-16-40(17-19-41)23-25-9-12-28(32(20-25)50-5)37(42-15-7-8-31(42)35(45)39(2)3)29-21-26(38)10-13-30(29)43(36(37)46)52(47,48)34-14-11-27(49-4)22-33(34)51-6/h9-14,20-22,31H,7-8,15-19,23H2,1-6H3/t31-,37?/m0/s1. The molecule has 3 aromatic carbocycles. The number of carbonyl (C=O) groups is 3. The number of fused-ring (bicyclic) bond motifs is 1. The quantitative estimate of drug-likeness (QED) is 0.303. The predicted molar refractivity (Wildman–Crippen MR) is 195 cm³/mol. The van der Waals surface area contributed by atoms with E-state index >= 15 is 4.79 Å². The molecule has 3 heterocycles. The summed E-state index contributed by atoms with van der Waals surface area (Å²) in [5.41, 5.74) is -0.141. The van der Waals surface area contributed by atoms with Crippen LogP contribution in [0, 0.1) is 0 Å². The fourth-order valence-electron chi connectivity index (χ4n) is 7.70. The first kappa shape index (κ1) is 37.4. The summed E-state index contributed by atoms with van der Waals surface area (Å²) in [6.07, 6.45) is 1.04. The predicted octanol–water partition coefficient (Wildman–Crippen LogP) is 3.56. The number of piperazine rings is 1. The minimum absolute atomic E-state index is 0.00642. The zero-order valence-corrected chi connectivity index (χ0v) is 31.8. The number of likely N-dealkylation sites (tertiary alicyclic amines) is 1. The van der Waals surface area contributed by atoms with Gasteiger partial charge in [0.15, 0.2) is 5.54 Å². The lowest BCUT2D eigenvalue weighted by atomic mass is 9.80. The Bertz CT molecular complexity index is 2000. The van der Waals surface area contributed by atoms with Gasteiger partial charge in [-0.3, -0.25) is 24.2 Å². The Morgan fingerprint density at radius 3 is 2.23 bits per heavy atom.